The molecule has 46 heavy (non-hydrogen) atoms. The smallest absolute Gasteiger partial charge is 0.0737 e. The molecule has 4 aliphatic heterocycles. The van der Waals surface area contributed by atoms with Crippen molar-refractivity contribution in [1.29, 1.82) is 0 Å². The van der Waals surface area contributed by atoms with Crippen LogP contribution in [-0.4, -0.2) is 70.5 Å². The van der Waals surface area contributed by atoms with Gasteiger partial charge in [0, 0.05) is 36.3 Å². The Labute approximate surface area is 278 Å². The molecule has 0 radical (unpaired) electrons. The number of ether oxygens (including phenoxy) is 2. The lowest BCUT2D eigenvalue weighted by atomic mass is 9.67. The number of nitrogens with zero attached hydrogens (tertiary/aromatic N) is 2. The Bertz CT molecular complexity index is 1190. The maximum Gasteiger partial charge on any atom is 0.0737 e. The van der Waals surface area contributed by atoms with Gasteiger partial charge in [-0.1, -0.05) is 62.8 Å². The minimum atomic E-state index is 0.535. The second-order valence-corrected chi connectivity index (χ2v) is 18.3. The Hall–Kier alpha value is -0.940. The summed E-state index contributed by atoms with van der Waals surface area (Å²) < 4.78 is 13.8. The van der Waals surface area contributed by atoms with E-state index in [4.69, 9.17) is 9.47 Å². The number of fused-ring (bicyclic) bond motifs is 10. The first-order chi connectivity index (χ1) is 22.8. The summed E-state index contributed by atoms with van der Waals surface area (Å²) in [6, 6.07) is 15.0. The molecule has 4 saturated heterocycles. The summed E-state index contributed by atoms with van der Waals surface area (Å²) in [5.74, 6) is 5.12. The second kappa shape index (κ2) is 11.3. The average Bonchev–Trinajstić information content (AvgIpc) is 3.63. The van der Waals surface area contributed by atoms with E-state index in [2.05, 4.69) is 34.1 Å². The lowest BCUT2D eigenvalue weighted by molar-refractivity contribution is -0.177. The van der Waals surface area contributed by atoms with Gasteiger partial charge in [0.05, 0.1) is 24.4 Å². The highest BCUT2D eigenvalue weighted by atomic mass is 16.5. The van der Waals surface area contributed by atoms with Gasteiger partial charge >= 0.3 is 0 Å². The fourth-order valence-electron chi connectivity index (χ4n) is 15.1. The first kappa shape index (κ1) is 28.9. The normalized spacial score (nSPS) is 52.9. The number of hydrogen-bond donors (Lipinski definition) is 0. The van der Waals surface area contributed by atoms with Crippen molar-refractivity contribution in [3.63, 3.8) is 0 Å². The van der Waals surface area contributed by atoms with E-state index in [1.165, 1.54) is 128 Å². The van der Waals surface area contributed by atoms with E-state index in [1.807, 2.05) is 0 Å². The monoisotopic (exact) mass is 624 g/mol. The summed E-state index contributed by atoms with van der Waals surface area (Å²) in [5.41, 5.74) is 3.32. The van der Waals surface area contributed by atoms with Crippen molar-refractivity contribution < 1.29 is 9.47 Å². The fourth-order valence-corrected chi connectivity index (χ4v) is 15.1. The molecule has 4 heteroatoms. The molecule has 10 aliphatic rings. The number of benzene rings is 1. The topological polar surface area (TPSA) is 24.9 Å². The molecule has 16 atom stereocenters. The highest BCUT2D eigenvalue weighted by molar-refractivity contribution is 5.30. The first-order valence-electron chi connectivity index (χ1n) is 20.8. The SMILES string of the molecule is c1cc(C2CCC3C(C2)C2CCCC4OC5CCCCC5N3C42)ccc1C1CCC2C(C1)C1CCCC3OC4CCCCC4N2C31. The predicted molar refractivity (Wildman–Crippen MR) is 182 cm³/mol. The predicted octanol–water partition coefficient (Wildman–Crippen LogP) is 8.58. The summed E-state index contributed by atoms with van der Waals surface area (Å²) in [6.45, 7) is 0. The molecule has 0 N–H and O–H groups in total. The highest BCUT2D eigenvalue weighted by Crippen LogP contribution is 2.58. The molecule has 0 aromatic heterocycles. The Morgan fingerprint density at radius 3 is 1.30 bits per heavy atom. The molecule has 10 fully saturated rings. The van der Waals surface area contributed by atoms with Crippen molar-refractivity contribution >= 4 is 0 Å². The van der Waals surface area contributed by atoms with Crippen molar-refractivity contribution in [2.24, 2.45) is 23.7 Å². The molecular formula is C42H60N2O2. The lowest BCUT2D eigenvalue weighted by Gasteiger charge is -2.53. The van der Waals surface area contributed by atoms with Crippen LogP contribution < -0.4 is 0 Å². The molecule has 1 aromatic rings. The minimum Gasteiger partial charge on any atom is -0.372 e. The van der Waals surface area contributed by atoms with Crippen molar-refractivity contribution in [2.75, 3.05) is 0 Å². The molecule has 0 spiro atoms. The summed E-state index contributed by atoms with van der Waals surface area (Å²) in [4.78, 5) is 6.26. The van der Waals surface area contributed by atoms with Gasteiger partial charge in [-0.3, -0.25) is 9.80 Å². The van der Waals surface area contributed by atoms with Gasteiger partial charge in [0.25, 0.3) is 0 Å². The third-order valence-corrected chi connectivity index (χ3v) is 16.6. The van der Waals surface area contributed by atoms with Crippen molar-refractivity contribution in [1.82, 2.24) is 9.80 Å². The third kappa shape index (κ3) is 4.30. The Kier molecular flexibility index (Phi) is 7.08. The van der Waals surface area contributed by atoms with Crippen molar-refractivity contribution in [2.45, 2.75) is 201 Å². The molecule has 6 saturated carbocycles. The van der Waals surface area contributed by atoms with Crippen LogP contribution in [0.1, 0.15) is 151 Å². The van der Waals surface area contributed by atoms with Crippen LogP contribution in [0.25, 0.3) is 0 Å². The Morgan fingerprint density at radius 1 is 0.391 bits per heavy atom. The first-order valence-corrected chi connectivity index (χ1v) is 20.8. The van der Waals surface area contributed by atoms with Gasteiger partial charge in [-0.15, -0.1) is 0 Å². The maximum atomic E-state index is 6.91. The van der Waals surface area contributed by atoms with Crippen LogP contribution in [0, 0.1) is 23.7 Å². The average molecular weight is 625 g/mol. The molecule has 4 heterocycles. The van der Waals surface area contributed by atoms with Gasteiger partial charge in [-0.05, 0) is 137 Å². The molecule has 0 amide bonds. The Balaban J connectivity index is 0.799. The van der Waals surface area contributed by atoms with Crippen molar-refractivity contribution in [3.8, 4) is 0 Å². The van der Waals surface area contributed by atoms with Crippen LogP contribution in [0.2, 0.25) is 0 Å². The van der Waals surface area contributed by atoms with E-state index in [9.17, 15) is 0 Å². The molecule has 1 aromatic carbocycles. The van der Waals surface area contributed by atoms with Crippen LogP contribution in [0.4, 0.5) is 0 Å². The number of rotatable bonds is 2. The maximum absolute atomic E-state index is 6.91. The molecular weight excluding hydrogens is 564 g/mol. The van der Waals surface area contributed by atoms with Gasteiger partial charge < -0.3 is 9.47 Å². The number of hydrogen-bond acceptors (Lipinski definition) is 4. The van der Waals surface area contributed by atoms with Gasteiger partial charge in [0.15, 0.2) is 0 Å². The Morgan fingerprint density at radius 2 is 0.826 bits per heavy atom. The van der Waals surface area contributed by atoms with Crippen LogP contribution in [0.5, 0.6) is 0 Å². The van der Waals surface area contributed by atoms with Crippen molar-refractivity contribution in [3.05, 3.63) is 35.4 Å². The summed E-state index contributed by atoms with van der Waals surface area (Å²) in [6.07, 6.45) is 30.1. The van der Waals surface area contributed by atoms with E-state index >= 15 is 0 Å². The largest absolute Gasteiger partial charge is 0.372 e. The van der Waals surface area contributed by atoms with Gasteiger partial charge in [0.2, 0.25) is 0 Å². The highest BCUT2D eigenvalue weighted by Gasteiger charge is 2.61. The minimum absolute atomic E-state index is 0.535. The van der Waals surface area contributed by atoms with E-state index in [-0.39, 0.29) is 0 Å². The molecule has 11 rings (SSSR count). The fraction of sp³-hybridized carbons (Fsp3) is 0.857. The zero-order chi connectivity index (χ0) is 29.9. The van der Waals surface area contributed by atoms with E-state index < -0.39 is 0 Å². The van der Waals surface area contributed by atoms with Gasteiger partial charge in [-0.25, -0.2) is 0 Å². The van der Waals surface area contributed by atoms with E-state index in [0.29, 0.717) is 24.4 Å². The third-order valence-electron chi connectivity index (χ3n) is 16.6. The number of morpholine rings is 2. The van der Waals surface area contributed by atoms with Crippen LogP contribution in [0.15, 0.2) is 24.3 Å². The van der Waals surface area contributed by atoms with Crippen LogP contribution >= 0.6 is 0 Å². The lowest BCUT2D eigenvalue weighted by Crippen LogP contribution is -2.63. The summed E-state index contributed by atoms with van der Waals surface area (Å²) in [5, 5.41) is 0. The summed E-state index contributed by atoms with van der Waals surface area (Å²) >= 11 is 0. The standard InChI is InChI=1S/C42H60N2O2/c1-3-11-37-35(9-1)43-33-21-19-27(23-31(33)29-7-5-13-39(45-37)41(29)43)25-15-17-26(18-16-25)28-20-22-34-32(24-28)30-8-6-14-40-42(30)44(34)36-10-2-4-12-38(36)46-40/h15-18,27-42H,1-14,19-24H2. The zero-order valence-electron chi connectivity index (χ0n) is 28.4. The quantitative estimate of drug-likeness (QED) is 0.329. The second-order valence-electron chi connectivity index (χ2n) is 18.3. The molecule has 6 aliphatic carbocycles. The molecule has 0 bridgehead atoms. The van der Waals surface area contributed by atoms with Crippen LogP contribution in [-0.2, 0) is 9.47 Å². The molecule has 250 valence electrons. The molecule has 4 nitrogen and oxygen atoms in total. The van der Waals surface area contributed by atoms with Crippen LogP contribution in [0.3, 0.4) is 0 Å². The summed E-state index contributed by atoms with van der Waals surface area (Å²) in [7, 11) is 0. The van der Waals surface area contributed by atoms with E-state index in [1.54, 1.807) is 11.1 Å². The van der Waals surface area contributed by atoms with Gasteiger partial charge in [0.1, 0.15) is 0 Å². The van der Waals surface area contributed by atoms with Gasteiger partial charge in [-0.2, -0.15) is 0 Å². The zero-order valence-corrected chi connectivity index (χ0v) is 28.4. The van der Waals surface area contributed by atoms with E-state index in [0.717, 1.165) is 71.8 Å². The molecule has 16 unspecified atom stereocenters.